The van der Waals surface area contributed by atoms with Gasteiger partial charge in [-0.05, 0) is 61.5 Å². The van der Waals surface area contributed by atoms with Crippen LogP contribution in [0.15, 0.2) is 60.8 Å². The average molecular weight is 420 g/mol. The lowest BCUT2D eigenvalue weighted by atomic mass is 10.1. The van der Waals surface area contributed by atoms with E-state index in [1.54, 1.807) is 35.4 Å². The molecule has 0 bridgehead atoms. The van der Waals surface area contributed by atoms with Gasteiger partial charge in [0.25, 0.3) is 5.91 Å². The number of amides is 1. The van der Waals surface area contributed by atoms with Gasteiger partial charge in [0.05, 0.1) is 22.4 Å². The third-order valence-electron chi connectivity index (χ3n) is 4.83. The number of benzene rings is 2. The summed E-state index contributed by atoms with van der Waals surface area (Å²) in [7, 11) is 0. The van der Waals surface area contributed by atoms with Crippen molar-refractivity contribution in [2.45, 2.75) is 6.92 Å². The van der Waals surface area contributed by atoms with Gasteiger partial charge in [-0.2, -0.15) is 0 Å². The van der Waals surface area contributed by atoms with Crippen molar-refractivity contribution in [1.82, 2.24) is 9.97 Å². The van der Waals surface area contributed by atoms with Crippen LogP contribution in [0.25, 0.3) is 10.2 Å². The molecule has 0 N–H and O–H groups in total. The second-order valence-electron chi connectivity index (χ2n) is 6.71. The van der Waals surface area contributed by atoms with Crippen LogP contribution in [0.5, 0.6) is 5.75 Å². The molecule has 2 aromatic carbocycles. The zero-order valence-electron chi connectivity index (χ0n) is 16.1. The Hall–Kier alpha value is -3.52. The summed E-state index contributed by atoms with van der Waals surface area (Å²) >= 11 is 1.43. The van der Waals surface area contributed by atoms with Gasteiger partial charge in [0.15, 0.2) is 5.13 Å². The van der Waals surface area contributed by atoms with Gasteiger partial charge in [-0.25, -0.2) is 14.4 Å². The fourth-order valence-electron chi connectivity index (χ4n) is 3.43. The van der Waals surface area contributed by atoms with Crippen LogP contribution < -0.4 is 14.5 Å². The van der Waals surface area contributed by atoms with E-state index in [2.05, 4.69) is 9.97 Å². The van der Waals surface area contributed by atoms with Crippen LogP contribution in [-0.2, 0) is 0 Å². The number of ether oxygens (including phenoxy) is 1. The summed E-state index contributed by atoms with van der Waals surface area (Å²) in [6, 6.07) is 15.3. The molecule has 0 radical (unpaired) electrons. The molecule has 0 fully saturated rings. The molecule has 0 saturated heterocycles. The molecule has 0 spiro atoms. The van der Waals surface area contributed by atoms with Gasteiger partial charge in [0.1, 0.15) is 24.1 Å². The Morgan fingerprint density at radius 1 is 1.13 bits per heavy atom. The lowest BCUT2D eigenvalue weighted by molar-refractivity contribution is 0.0983. The second-order valence-corrected chi connectivity index (χ2v) is 7.72. The van der Waals surface area contributed by atoms with E-state index in [4.69, 9.17) is 4.74 Å². The highest BCUT2D eigenvalue weighted by Crippen LogP contribution is 2.37. The Morgan fingerprint density at radius 2 is 1.97 bits per heavy atom. The van der Waals surface area contributed by atoms with Gasteiger partial charge in [-0.15, -0.1) is 0 Å². The predicted molar refractivity (Wildman–Crippen MR) is 115 cm³/mol. The monoisotopic (exact) mass is 420 g/mol. The van der Waals surface area contributed by atoms with Crippen LogP contribution in [0.3, 0.4) is 0 Å². The first-order chi connectivity index (χ1) is 14.6. The van der Waals surface area contributed by atoms with E-state index >= 15 is 0 Å². The summed E-state index contributed by atoms with van der Waals surface area (Å²) in [6.07, 6.45) is 1.64. The molecule has 30 heavy (non-hydrogen) atoms. The van der Waals surface area contributed by atoms with E-state index in [0.29, 0.717) is 23.1 Å². The normalized spacial score (nSPS) is 13.6. The molecule has 6 nitrogen and oxygen atoms in total. The number of anilines is 3. The van der Waals surface area contributed by atoms with Crippen LogP contribution in [0.4, 0.5) is 21.0 Å². The summed E-state index contributed by atoms with van der Waals surface area (Å²) in [5, 5.41) is 0.588. The van der Waals surface area contributed by atoms with E-state index in [0.717, 1.165) is 21.7 Å². The lowest BCUT2D eigenvalue weighted by Crippen LogP contribution is -2.45. The molecule has 2 aromatic heterocycles. The van der Waals surface area contributed by atoms with Crippen LogP contribution in [0.2, 0.25) is 0 Å². The highest BCUT2D eigenvalue weighted by molar-refractivity contribution is 7.22. The van der Waals surface area contributed by atoms with Gasteiger partial charge in [0.2, 0.25) is 0 Å². The Labute approximate surface area is 176 Å². The second kappa shape index (κ2) is 7.38. The first kappa shape index (κ1) is 18.5. The molecule has 0 aliphatic carbocycles. The summed E-state index contributed by atoms with van der Waals surface area (Å²) in [6.45, 7) is 2.75. The number of carbonyl (C=O) groups is 1. The SMILES string of the molecule is CCOc1ccc2nc(N3CN(c4ccc(F)cc4)c4ncccc4C3=O)sc2c1. The topological polar surface area (TPSA) is 58.6 Å². The van der Waals surface area contributed by atoms with Gasteiger partial charge in [0, 0.05) is 11.9 Å². The number of thiazole rings is 1. The molecule has 4 aromatic rings. The maximum Gasteiger partial charge on any atom is 0.265 e. The molecule has 0 unspecified atom stereocenters. The zero-order chi connectivity index (χ0) is 20.7. The Kier molecular flexibility index (Phi) is 4.55. The minimum absolute atomic E-state index is 0.166. The van der Waals surface area contributed by atoms with Crippen molar-refractivity contribution in [3.05, 3.63) is 72.2 Å². The van der Waals surface area contributed by atoms with Crippen LogP contribution in [0.1, 0.15) is 17.3 Å². The molecule has 1 aliphatic heterocycles. The third-order valence-corrected chi connectivity index (χ3v) is 5.87. The number of pyridine rings is 1. The van der Waals surface area contributed by atoms with Gasteiger partial charge in [-0.3, -0.25) is 9.69 Å². The average Bonchev–Trinajstić information content (AvgIpc) is 3.18. The van der Waals surface area contributed by atoms with Crippen LogP contribution >= 0.6 is 11.3 Å². The minimum Gasteiger partial charge on any atom is -0.494 e. The molecular weight excluding hydrogens is 403 g/mol. The smallest absolute Gasteiger partial charge is 0.265 e. The molecule has 1 amide bonds. The number of hydrogen-bond donors (Lipinski definition) is 0. The maximum atomic E-state index is 13.4. The van der Waals surface area contributed by atoms with Crippen LogP contribution in [-0.4, -0.2) is 29.2 Å². The third kappa shape index (κ3) is 3.15. The highest BCUT2D eigenvalue weighted by atomic mass is 32.1. The maximum absolute atomic E-state index is 13.4. The van der Waals surface area contributed by atoms with E-state index in [-0.39, 0.29) is 18.4 Å². The lowest BCUT2D eigenvalue weighted by Gasteiger charge is -2.35. The van der Waals surface area contributed by atoms with Crippen molar-refractivity contribution < 1.29 is 13.9 Å². The van der Waals surface area contributed by atoms with E-state index < -0.39 is 0 Å². The number of rotatable bonds is 4. The number of hydrogen-bond acceptors (Lipinski definition) is 6. The Balaban J connectivity index is 1.58. The summed E-state index contributed by atoms with van der Waals surface area (Å²) in [4.78, 5) is 25.8. The van der Waals surface area contributed by atoms with Crippen LogP contribution in [0, 0.1) is 5.82 Å². The van der Waals surface area contributed by atoms with Gasteiger partial charge >= 0.3 is 0 Å². The predicted octanol–water partition coefficient (Wildman–Crippen LogP) is 4.99. The first-order valence-electron chi connectivity index (χ1n) is 9.47. The number of fused-ring (bicyclic) bond motifs is 2. The minimum atomic E-state index is -0.318. The molecule has 1 aliphatic rings. The van der Waals surface area contributed by atoms with Crippen molar-refractivity contribution in [3.8, 4) is 5.75 Å². The molecule has 150 valence electrons. The Morgan fingerprint density at radius 3 is 2.77 bits per heavy atom. The largest absolute Gasteiger partial charge is 0.494 e. The van der Waals surface area contributed by atoms with Crippen molar-refractivity contribution in [2.75, 3.05) is 23.1 Å². The van der Waals surface area contributed by atoms with Gasteiger partial charge < -0.3 is 9.64 Å². The number of halogens is 1. The molecule has 5 rings (SSSR count). The quantitative estimate of drug-likeness (QED) is 0.466. The van der Waals surface area contributed by atoms with E-state index in [9.17, 15) is 9.18 Å². The standard InChI is InChI=1S/C22H17FN4O2S/c1-2-29-16-9-10-18-19(12-16)30-22(25-18)27-13-26(15-7-5-14(23)6-8-15)20-17(21(27)28)4-3-11-24-20/h3-12H,2,13H2,1H3. The number of aromatic nitrogens is 2. The van der Waals surface area contributed by atoms with Crippen molar-refractivity contribution in [3.63, 3.8) is 0 Å². The van der Waals surface area contributed by atoms with Gasteiger partial charge in [-0.1, -0.05) is 11.3 Å². The number of carbonyl (C=O) groups excluding carboxylic acids is 1. The van der Waals surface area contributed by atoms with Crippen molar-refractivity contribution in [2.24, 2.45) is 0 Å². The van der Waals surface area contributed by atoms with E-state index in [1.807, 2.05) is 30.0 Å². The molecule has 3 heterocycles. The molecular formula is C22H17FN4O2S. The summed E-state index contributed by atoms with van der Waals surface area (Å²) in [5.41, 5.74) is 2.02. The summed E-state index contributed by atoms with van der Waals surface area (Å²) < 4.78 is 20.0. The highest BCUT2D eigenvalue weighted by Gasteiger charge is 2.33. The molecule has 0 saturated carbocycles. The fourth-order valence-corrected chi connectivity index (χ4v) is 4.42. The van der Waals surface area contributed by atoms with Crippen molar-refractivity contribution >= 4 is 44.1 Å². The van der Waals surface area contributed by atoms with Crippen molar-refractivity contribution in [1.29, 1.82) is 0 Å². The first-order valence-corrected chi connectivity index (χ1v) is 10.3. The van der Waals surface area contributed by atoms with E-state index in [1.165, 1.54) is 23.5 Å². The summed E-state index contributed by atoms with van der Waals surface area (Å²) in [5.74, 6) is 0.833. The fraction of sp³-hybridized carbons (Fsp3) is 0.136. The number of nitrogens with zero attached hydrogens (tertiary/aromatic N) is 4. The molecule has 0 atom stereocenters. The molecule has 8 heteroatoms. The zero-order valence-corrected chi connectivity index (χ0v) is 16.9. The Bertz CT molecular complexity index is 1240.